The standard InChI is InChI=1S/C9H9F3N2O3S/c1-13-7(15)4-14-18(16,17)6-3-2-5(10)8(11)9(6)12/h2-3,14H,4H2,1H3,(H,13,15). The number of sulfonamides is 1. The van der Waals surface area contributed by atoms with Crippen molar-refractivity contribution < 1.29 is 26.4 Å². The van der Waals surface area contributed by atoms with Crippen LogP contribution in [0.3, 0.4) is 0 Å². The molecule has 5 nitrogen and oxygen atoms in total. The van der Waals surface area contributed by atoms with Crippen LogP contribution in [-0.4, -0.2) is 27.9 Å². The lowest BCUT2D eigenvalue weighted by Crippen LogP contribution is -2.35. The molecule has 0 atom stereocenters. The van der Waals surface area contributed by atoms with E-state index < -0.39 is 44.8 Å². The van der Waals surface area contributed by atoms with Crippen molar-refractivity contribution in [2.75, 3.05) is 13.6 Å². The Kier molecular flexibility index (Phi) is 4.30. The molecule has 0 bridgehead atoms. The fraction of sp³-hybridized carbons (Fsp3) is 0.222. The Labute approximate surface area is 101 Å². The number of nitrogens with one attached hydrogen (secondary N) is 2. The molecule has 0 fully saturated rings. The van der Waals surface area contributed by atoms with Crippen LogP contribution < -0.4 is 10.0 Å². The lowest BCUT2D eigenvalue weighted by molar-refractivity contribution is -0.119. The quantitative estimate of drug-likeness (QED) is 0.771. The molecular formula is C9H9F3N2O3S. The number of carbonyl (C=O) groups excluding carboxylic acids is 1. The molecule has 100 valence electrons. The SMILES string of the molecule is CNC(=O)CNS(=O)(=O)c1ccc(F)c(F)c1F. The van der Waals surface area contributed by atoms with Crippen molar-refractivity contribution in [1.82, 2.24) is 10.0 Å². The highest BCUT2D eigenvalue weighted by atomic mass is 32.2. The molecule has 0 aliphatic carbocycles. The maximum Gasteiger partial charge on any atom is 0.244 e. The van der Waals surface area contributed by atoms with Crippen LogP contribution in [0.5, 0.6) is 0 Å². The van der Waals surface area contributed by atoms with Gasteiger partial charge >= 0.3 is 0 Å². The molecule has 0 spiro atoms. The summed E-state index contributed by atoms with van der Waals surface area (Å²) in [5, 5.41) is 2.13. The van der Waals surface area contributed by atoms with Gasteiger partial charge in [0.2, 0.25) is 15.9 Å². The van der Waals surface area contributed by atoms with Gasteiger partial charge in [0.1, 0.15) is 4.90 Å². The number of rotatable bonds is 4. The van der Waals surface area contributed by atoms with E-state index in [1.165, 1.54) is 7.05 Å². The third-order valence-electron chi connectivity index (χ3n) is 1.99. The maximum absolute atomic E-state index is 13.2. The van der Waals surface area contributed by atoms with Crippen LogP contribution in [0.15, 0.2) is 17.0 Å². The zero-order valence-electron chi connectivity index (χ0n) is 9.13. The first-order valence-electron chi connectivity index (χ1n) is 4.63. The maximum atomic E-state index is 13.2. The van der Waals surface area contributed by atoms with E-state index in [-0.39, 0.29) is 0 Å². The first kappa shape index (κ1) is 14.5. The highest BCUT2D eigenvalue weighted by Crippen LogP contribution is 2.19. The van der Waals surface area contributed by atoms with E-state index in [4.69, 9.17) is 0 Å². The number of amides is 1. The summed E-state index contributed by atoms with van der Waals surface area (Å²) in [6, 6.07) is 1.05. The number of likely N-dealkylation sites (N-methyl/N-ethyl adjacent to an activating group) is 1. The average Bonchev–Trinajstić information content (AvgIpc) is 2.32. The zero-order valence-corrected chi connectivity index (χ0v) is 9.95. The molecule has 0 radical (unpaired) electrons. The Bertz CT molecular complexity index is 575. The van der Waals surface area contributed by atoms with Crippen molar-refractivity contribution in [2.45, 2.75) is 4.90 Å². The summed E-state index contributed by atoms with van der Waals surface area (Å²) in [5.74, 6) is -5.89. The van der Waals surface area contributed by atoms with E-state index in [0.29, 0.717) is 12.1 Å². The molecule has 1 aromatic carbocycles. The summed E-state index contributed by atoms with van der Waals surface area (Å²) in [6.45, 7) is -0.642. The summed E-state index contributed by atoms with van der Waals surface area (Å²) in [6.07, 6.45) is 0. The molecule has 18 heavy (non-hydrogen) atoms. The van der Waals surface area contributed by atoms with Gasteiger partial charge in [0.25, 0.3) is 0 Å². The third-order valence-corrected chi connectivity index (χ3v) is 3.41. The van der Waals surface area contributed by atoms with Crippen molar-refractivity contribution in [3.05, 3.63) is 29.6 Å². The average molecular weight is 282 g/mol. The fourth-order valence-electron chi connectivity index (χ4n) is 1.04. The predicted molar refractivity (Wildman–Crippen MR) is 55.6 cm³/mol. The van der Waals surface area contributed by atoms with E-state index in [1.54, 1.807) is 4.72 Å². The summed E-state index contributed by atoms with van der Waals surface area (Å²) in [7, 11) is -3.16. The van der Waals surface area contributed by atoms with Crippen LogP contribution in [0.25, 0.3) is 0 Å². The molecule has 0 saturated carbocycles. The molecular weight excluding hydrogens is 273 g/mol. The van der Waals surface area contributed by atoms with Gasteiger partial charge in [-0.1, -0.05) is 0 Å². The van der Waals surface area contributed by atoms with Crippen LogP contribution in [0.2, 0.25) is 0 Å². The van der Waals surface area contributed by atoms with Gasteiger partial charge in [-0.25, -0.2) is 26.3 Å². The predicted octanol–water partition coefficient (Wildman–Crippen LogP) is 0.128. The first-order valence-corrected chi connectivity index (χ1v) is 6.11. The molecule has 0 heterocycles. The van der Waals surface area contributed by atoms with Crippen molar-refractivity contribution in [3.63, 3.8) is 0 Å². The van der Waals surface area contributed by atoms with Gasteiger partial charge in [-0.2, -0.15) is 0 Å². The molecule has 0 aliphatic heterocycles. The van der Waals surface area contributed by atoms with E-state index in [1.807, 2.05) is 0 Å². The van der Waals surface area contributed by atoms with Gasteiger partial charge in [-0.3, -0.25) is 4.79 Å². The summed E-state index contributed by atoms with van der Waals surface area (Å²) in [4.78, 5) is 9.77. The highest BCUT2D eigenvalue weighted by Gasteiger charge is 2.24. The Morgan fingerprint density at radius 3 is 2.39 bits per heavy atom. The largest absolute Gasteiger partial charge is 0.358 e. The minimum Gasteiger partial charge on any atom is -0.358 e. The Balaban J connectivity index is 3.06. The minimum atomic E-state index is -4.43. The van der Waals surface area contributed by atoms with Gasteiger partial charge in [0.15, 0.2) is 17.5 Å². The molecule has 0 saturated heterocycles. The smallest absolute Gasteiger partial charge is 0.244 e. The fourth-order valence-corrected chi connectivity index (χ4v) is 2.09. The summed E-state index contributed by atoms with van der Waals surface area (Å²) >= 11 is 0. The van der Waals surface area contributed by atoms with Gasteiger partial charge in [0.05, 0.1) is 6.54 Å². The molecule has 0 aromatic heterocycles. The number of hydrogen-bond acceptors (Lipinski definition) is 3. The lowest BCUT2D eigenvalue weighted by Gasteiger charge is -2.07. The number of hydrogen-bond donors (Lipinski definition) is 2. The van der Waals surface area contributed by atoms with Crippen LogP contribution in [0, 0.1) is 17.5 Å². The molecule has 1 amide bonds. The van der Waals surface area contributed by atoms with Crippen molar-refractivity contribution in [3.8, 4) is 0 Å². The topological polar surface area (TPSA) is 75.3 Å². The van der Waals surface area contributed by atoms with Crippen LogP contribution >= 0.6 is 0 Å². The first-order chi connectivity index (χ1) is 8.29. The summed E-state index contributed by atoms with van der Waals surface area (Å²) in [5.41, 5.74) is 0. The second-order valence-corrected chi connectivity index (χ2v) is 4.91. The van der Waals surface area contributed by atoms with Crippen LogP contribution in [0.4, 0.5) is 13.2 Å². The van der Waals surface area contributed by atoms with Crippen molar-refractivity contribution >= 4 is 15.9 Å². The highest BCUT2D eigenvalue weighted by molar-refractivity contribution is 7.89. The van der Waals surface area contributed by atoms with Gasteiger partial charge in [-0.05, 0) is 12.1 Å². The second kappa shape index (κ2) is 5.36. The zero-order chi connectivity index (χ0) is 13.9. The van der Waals surface area contributed by atoms with Crippen molar-refractivity contribution in [1.29, 1.82) is 0 Å². The van der Waals surface area contributed by atoms with Crippen LogP contribution in [-0.2, 0) is 14.8 Å². The van der Waals surface area contributed by atoms with E-state index in [0.717, 1.165) is 0 Å². The van der Waals surface area contributed by atoms with E-state index in [9.17, 15) is 26.4 Å². The molecule has 1 aromatic rings. The van der Waals surface area contributed by atoms with E-state index >= 15 is 0 Å². The van der Waals surface area contributed by atoms with Crippen LogP contribution in [0.1, 0.15) is 0 Å². The number of benzene rings is 1. The second-order valence-electron chi connectivity index (χ2n) is 3.17. The molecule has 2 N–H and O–H groups in total. The van der Waals surface area contributed by atoms with E-state index in [2.05, 4.69) is 5.32 Å². The monoisotopic (exact) mass is 282 g/mol. The van der Waals surface area contributed by atoms with Gasteiger partial charge < -0.3 is 5.32 Å². The third kappa shape index (κ3) is 2.99. The summed E-state index contributed by atoms with van der Waals surface area (Å²) < 4.78 is 63.5. The Morgan fingerprint density at radius 2 is 1.83 bits per heavy atom. The van der Waals surface area contributed by atoms with Gasteiger partial charge in [-0.15, -0.1) is 0 Å². The lowest BCUT2D eigenvalue weighted by atomic mass is 10.3. The number of carbonyl (C=O) groups is 1. The molecule has 1 rings (SSSR count). The van der Waals surface area contributed by atoms with Crippen molar-refractivity contribution in [2.24, 2.45) is 0 Å². The normalized spacial score (nSPS) is 11.3. The Morgan fingerprint density at radius 1 is 1.22 bits per heavy atom. The minimum absolute atomic E-state index is 0.479. The van der Waals surface area contributed by atoms with Gasteiger partial charge in [0, 0.05) is 7.05 Å². The molecule has 0 aliphatic rings. The molecule has 9 heteroatoms. The Hall–Kier alpha value is -1.61. The number of halogens is 3. The molecule has 0 unspecified atom stereocenters.